The van der Waals surface area contributed by atoms with Gasteiger partial charge in [-0.15, -0.1) is 0 Å². The summed E-state index contributed by atoms with van der Waals surface area (Å²) >= 11 is 0. The second-order valence-corrected chi connectivity index (χ2v) is 6.20. The molecule has 0 amide bonds. The third kappa shape index (κ3) is 3.69. The molecule has 116 valence electrons. The van der Waals surface area contributed by atoms with Gasteiger partial charge < -0.3 is 19.9 Å². The first-order chi connectivity index (χ1) is 10.3. The van der Waals surface area contributed by atoms with Crippen LogP contribution in [0.25, 0.3) is 0 Å². The average molecular weight is 291 g/mol. The largest absolute Gasteiger partial charge is 0.494 e. The van der Waals surface area contributed by atoms with Gasteiger partial charge in [0.1, 0.15) is 18.1 Å². The molecule has 2 N–H and O–H groups in total. The Morgan fingerprint density at radius 2 is 1.71 bits per heavy atom. The molecule has 2 aliphatic carbocycles. The molecular weight excluding hydrogens is 266 g/mol. The van der Waals surface area contributed by atoms with Crippen molar-refractivity contribution in [3.8, 4) is 11.5 Å². The summed E-state index contributed by atoms with van der Waals surface area (Å²) in [6, 6.07) is 8.27. The van der Waals surface area contributed by atoms with E-state index in [2.05, 4.69) is 5.32 Å². The van der Waals surface area contributed by atoms with Crippen molar-refractivity contribution in [3.05, 3.63) is 24.3 Å². The third-order valence-electron chi connectivity index (χ3n) is 4.34. The van der Waals surface area contributed by atoms with Crippen LogP contribution in [0.5, 0.6) is 11.5 Å². The second kappa shape index (κ2) is 6.24. The molecule has 0 bridgehead atoms. The van der Waals surface area contributed by atoms with Crippen LogP contribution < -0.4 is 14.8 Å². The molecule has 2 fully saturated rings. The normalized spacial score (nSPS) is 20.9. The minimum absolute atomic E-state index is 0.144. The van der Waals surface area contributed by atoms with Crippen LogP contribution in [0, 0.1) is 5.92 Å². The molecule has 0 aliphatic heterocycles. The van der Waals surface area contributed by atoms with E-state index in [0.717, 1.165) is 11.5 Å². The van der Waals surface area contributed by atoms with Crippen LogP contribution in [0.1, 0.15) is 32.6 Å². The van der Waals surface area contributed by atoms with Gasteiger partial charge in [-0.25, -0.2) is 0 Å². The summed E-state index contributed by atoms with van der Waals surface area (Å²) in [4.78, 5) is 0. The summed E-state index contributed by atoms with van der Waals surface area (Å²) in [6.45, 7) is 3.31. The molecule has 1 atom stereocenters. The van der Waals surface area contributed by atoms with Crippen molar-refractivity contribution in [3.63, 3.8) is 0 Å². The van der Waals surface area contributed by atoms with E-state index in [1.807, 2.05) is 31.2 Å². The molecule has 21 heavy (non-hydrogen) atoms. The predicted octanol–water partition coefficient (Wildman–Crippen LogP) is 2.36. The fourth-order valence-electron chi connectivity index (χ4n) is 2.78. The molecule has 0 radical (unpaired) electrons. The van der Waals surface area contributed by atoms with E-state index in [0.29, 0.717) is 25.2 Å². The molecule has 0 heterocycles. The third-order valence-corrected chi connectivity index (χ3v) is 4.34. The highest BCUT2D eigenvalue weighted by atomic mass is 16.5. The maximum atomic E-state index is 9.89. The van der Waals surface area contributed by atoms with E-state index in [-0.39, 0.29) is 12.1 Å². The number of benzene rings is 1. The molecule has 0 saturated heterocycles. The van der Waals surface area contributed by atoms with E-state index >= 15 is 0 Å². The van der Waals surface area contributed by atoms with Gasteiger partial charge >= 0.3 is 0 Å². The zero-order valence-corrected chi connectivity index (χ0v) is 12.7. The Labute approximate surface area is 126 Å². The number of aliphatic hydroxyl groups is 1. The Bertz CT molecular complexity index is 454. The van der Waals surface area contributed by atoms with E-state index in [1.165, 1.54) is 25.7 Å². The first-order valence-corrected chi connectivity index (χ1v) is 8.00. The molecule has 2 saturated carbocycles. The summed E-state index contributed by atoms with van der Waals surface area (Å²) < 4.78 is 11.4. The number of ether oxygens (including phenoxy) is 2. The summed E-state index contributed by atoms with van der Waals surface area (Å²) in [5.74, 6) is 2.23. The van der Waals surface area contributed by atoms with Gasteiger partial charge in [-0.2, -0.15) is 0 Å². The average Bonchev–Trinajstić information content (AvgIpc) is 3.38. The number of nitrogens with one attached hydrogen (secondary N) is 1. The standard InChI is InChI=1S/C17H25NO3/c1-2-20-15-7-9-16(10-8-15)21-12-17(11-19,13-3-4-13)18-14-5-6-14/h7-10,13-14,18-19H,2-6,11-12H2,1H3. The fourth-order valence-corrected chi connectivity index (χ4v) is 2.78. The highest BCUT2D eigenvalue weighted by molar-refractivity contribution is 5.31. The van der Waals surface area contributed by atoms with Crippen LogP contribution in [0.15, 0.2) is 24.3 Å². The summed E-state index contributed by atoms with van der Waals surface area (Å²) in [6.07, 6.45) is 4.81. The van der Waals surface area contributed by atoms with Gasteiger partial charge in [-0.1, -0.05) is 0 Å². The number of aliphatic hydroxyl groups excluding tert-OH is 1. The number of rotatable bonds is 9. The van der Waals surface area contributed by atoms with Crippen LogP contribution in [-0.2, 0) is 0 Å². The van der Waals surface area contributed by atoms with Crippen LogP contribution in [0.2, 0.25) is 0 Å². The minimum Gasteiger partial charge on any atom is -0.494 e. The lowest BCUT2D eigenvalue weighted by Crippen LogP contribution is -2.56. The van der Waals surface area contributed by atoms with Crippen molar-refractivity contribution in [2.45, 2.75) is 44.2 Å². The van der Waals surface area contributed by atoms with Gasteiger partial charge in [0.05, 0.1) is 18.8 Å². The Hall–Kier alpha value is -1.26. The van der Waals surface area contributed by atoms with Crippen LogP contribution in [0.3, 0.4) is 0 Å². The van der Waals surface area contributed by atoms with Crippen molar-refractivity contribution in [1.82, 2.24) is 5.32 Å². The minimum atomic E-state index is -0.264. The first-order valence-electron chi connectivity index (χ1n) is 8.00. The van der Waals surface area contributed by atoms with Crippen molar-refractivity contribution in [1.29, 1.82) is 0 Å². The SMILES string of the molecule is CCOc1ccc(OCC(CO)(NC2CC2)C2CC2)cc1. The molecule has 0 spiro atoms. The molecule has 1 aromatic rings. The van der Waals surface area contributed by atoms with Crippen molar-refractivity contribution >= 4 is 0 Å². The van der Waals surface area contributed by atoms with Crippen LogP contribution in [-0.4, -0.2) is 36.5 Å². The summed E-state index contributed by atoms with van der Waals surface area (Å²) in [7, 11) is 0. The van der Waals surface area contributed by atoms with Crippen molar-refractivity contribution in [2.75, 3.05) is 19.8 Å². The van der Waals surface area contributed by atoms with Gasteiger partial charge in [0.15, 0.2) is 0 Å². The molecule has 4 heteroatoms. The lowest BCUT2D eigenvalue weighted by Gasteiger charge is -2.33. The second-order valence-electron chi connectivity index (χ2n) is 6.20. The topological polar surface area (TPSA) is 50.7 Å². The van der Waals surface area contributed by atoms with Gasteiger partial charge in [0.25, 0.3) is 0 Å². The predicted molar refractivity (Wildman–Crippen MR) is 81.8 cm³/mol. The maximum Gasteiger partial charge on any atom is 0.119 e. The lowest BCUT2D eigenvalue weighted by molar-refractivity contribution is 0.0831. The van der Waals surface area contributed by atoms with Crippen LogP contribution >= 0.6 is 0 Å². The molecule has 0 aromatic heterocycles. The van der Waals surface area contributed by atoms with Gasteiger partial charge in [-0.3, -0.25) is 0 Å². The molecule has 1 aromatic carbocycles. The Morgan fingerprint density at radius 1 is 1.10 bits per heavy atom. The van der Waals surface area contributed by atoms with Gasteiger partial charge in [0, 0.05) is 6.04 Å². The molecule has 1 unspecified atom stereocenters. The monoisotopic (exact) mass is 291 g/mol. The van der Waals surface area contributed by atoms with Gasteiger partial charge in [0.2, 0.25) is 0 Å². The molecule has 3 rings (SSSR count). The highest BCUT2D eigenvalue weighted by Crippen LogP contribution is 2.41. The zero-order chi connectivity index (χ0) is 14.7. The van der Waals surface area contributed by atoms with Crippen LogP contribution in [0.4, 0.5) is 0 Å². The summed E-state index contributed by atoms with van der Waals surface area (Å²) in [5, 5.41) is 13.5. The smallest absolute Gasteiger partial charge is 0.119 e. The fraction of sp³-hybridized carbons (Fsp3) is 0.647. The maximum absolute atomic E-state index is 9.89. The van der Waals surface area contributed by atoms with Crippen molar-refractivity contribution in [2.24, 2.45) is 5.92 Å². The Morgan fingerprint density at radius 3 is 2.19 bits per heavy atom. The number of hydrogen-bond acceptors (Lipinski definition) is 4. The number of hydrogen-bond donors (Lipinski definition) is 2. The first kappa shape index (κ1) is 14.7. The lowest BCUT2D eigenvalue weighted by atomic mass is 9.95. The molecule has 4 nitrogen and oxygen atoms in total. The van der Waals surface area contributed by atoms with E-state index in [1.54, 1.807) is 0 Å². The van der Waals surface area contributed by atoms with E-state index < -0.39 is 0 Å². The molecule has 2 aliphatic rings. The zero-order valence-electron chi connectivity index (χ0n) is 12.7. The Balaban J connectivity index is 1.60. The highest BCUT2D eigenvalue weighted by Gasteiger charge is 2.48. The quantitative estimate of drug-likeness (QED) is 0.733. The van der Waals surface area contributed by atoms with E-state index in [4.69, 9.17) is 9.47 Å². The molecular formula is C17H25NO3. The van der Waals surface area contributed by atoms with Gasteiger partial charge in [-0.05, 0) is 62.8 Å². The Kier molecular flexibility index (Phi) is 4.36. The summed E-state index contributed by atoms with van der Waals surface area (Å²) in [5.41, 5.74) is -0.264. The van der Waals surface area contributed by atoms with Crippen molar-refractivity contribution < 1.29 is 14.6 Å². The van der Waals surface area contributed by atoms with E-state index in [9.17, 15) is 5.11 Å².